The van der Waals surface area contributed by atoms with Crippen molar-refractivity contribution in [2.24, 2.45) is 0 Å². The predicted molar refractivity (Wildman–Crippen MR) is 64.2 cm³/mol. The Balaban J connectivity index is 2.81. The number of Topliss-reactive ketones (excluding diaryl/α,β-unsaturated/α-hetero) is 1. The summed E-state index contributed by atoms with van der Waals surface area (Å²) in [5.74, 6) is 0.703. The lowest BCUT2D eigenvalue weighted by Crippen LogP contribution is -2.28. The van der Waals surface area contributed by atoms with E-state index >= 15 is 0 Å². The largest absolute Gasteiger partial charge is 0.377 e. The molecule has 1 aromatic heterocycles. The summed E-state index contributed by atoms with van der Waals surface area (Å²) >= 11 is 0. The van der Waals surface area contributed by atoms with Crippen LogP contribution in [0.15, 0.2) is 4.52 Å². The van der Waals surface area contributed by atoms with E-state index < -0.39 is 5.60 Å². The van der Waals surface area contributed by atoms with Gasteiger partial charge in [-0.3, -0.25) is 4.79 Å². The molecule has 0 aromatic carbocycles. The molecule has 0 radical (unpaired) electrons. The van der Waals surface area contributed by atoms with E-state index in [4.69, 9.17) is 14.0 Å². The summed E-state index contributed by atoms with van der Waals surface area (Å²) in [6, 6.07) is 0. The van der Waals surface area contributed by atoms with Crippen LogP contribution in [-0.4, -0.2) is 36.8 Å². The molecule has 1 rings (SSSR count). The summed E-state index contributed by atoms with van der Waals surface area (Å²) in [5.41, 5.74) is -0.536. The minimum absolute atomic E-state index is 0.0503. The molecule has 0 bridgehead atoms. The standard InChI is InChI=1S/C12H20N2O4/c1-5-12(6-2,17-4)11-13-10(18-14-11)7-9(15)8-16-3/h5-8H2,1-4H3. The topological polar surface area (TPSA) is 74.5 Å². The number of carbonyl (C=O) groups is 1. The van der Waals surface area contributed by atoms with Crippen molar-refractivity contribution in [1.29, 1.82) is 0 Å². The molecule has 102 valence electrons. The molecule has 0 aliphatic carbocycles. The Kier molecular flexibility index (Phi) is 5.43. The number of nitrogens with zero attached hydrogens (tertiary/aromatic N) is 2. The number of methoxy groups -OCH3 is 2. The third kappa shape index (κ3) is 3.14. The lowest BCUT2D eigenvalue weighted by Gasteiger charge is -2.25. The van der Waals surface area contributed by atoms with E-state index in [2.05, 4.69) is 10.1 Å². The molecule has 6 nitrogen and oxygen atoms in total. The molecule has 0 spiro atoms. The van der Waals surface area contributed by atoms with E-state index in [9.17, 15) is 4.79 Å². The molecule has 0 saturated carbocycles. The van der Waals surface area contributed by atoms with Crippen molar-refractivity contribution in [3.8, 4) is 0 Å². The minimum Gasteiger partial charge on any atom is -0.377 e. The maximum Gasteiger partial charge on any atom is 0.234 e. The molecule has 0 aliphatic rings. The summed E-state index contributed by atoms with van der Waals surface area (Å²) in [4.78, 5) is 15.6. The van der Waals surface area contributed by atoms with Gasteiger partial charge in [-0.15, -0.1) is 0 Å². The first-order valence-electron chi connectivity index (χ1n) is 6.00. The van der Waals surface area contributed by atoms with Crippen LogP contribution in [0.3, 0.4) is 0 Å². The van der Waals surface area contributed by atoms with Gasteiger partial charge in [0.25, 0.3) is 0 Å². The lowest BCUT2D eigenvalue weighted by molar-refractivity contribution is -0.122. The van der Waals surface area contributed by atoms with Crippen molar-refractivity contribution >= 4 is 5.78 Å². The Morgan fingerprint density at radius 2 is 2.00 bits per heavy atom. The second-order valence-electron chi connectivity index (χ2n) is 4.07. The molecule has 0 atom stereocenters. The molecule has 0 fully saturated rings. The van der Waals surface area contributed by atoms with E-state index in [0.29, 0.717) is 11.7 Å². The number of hydrogen-bond acceptors (Lipinski definition) is 6. The average Bonchev–Trinajstić information content (AvgIpc) is 2.81. The third-order valence-corrected chi connectivity index (χ3v) is 3.06. The minimum atomic E-state index is -0.536. The normalized spacial score (nSPS) is 11.8. The van der Waals surface area contributed by atoms with Crippen LogP contribution in [0.2, 0.25) is 0 Å². The molecule has 1 heterocycles. The third-order valence-electron chi connectivity index (χ3n) is 3.06. The Hall–Kier alpha value is -1.27. The van der Waals surface area contributed by atoms with Crippen LogP contribution in [0.1, 0.15) is 38.4 Å². The lowest BCUT2D eigenvalue weighted by atomic mass is 9.96. The van der Waals surface area contributed by atoms with Gasteiger partial charge < -0.3 is 14.0 Å². The number of ketones is 1. The Labute approximate surface area is 107 Å². The van der Waals surface area contributed by atoms with Crippen LogP contribution < -0.4 is 0 Å². The van der Waals surface area contributed by atoms with Crippen LogP contribution >= 0.6 is 0 Å². The molecular weight excluding hydrogens is 236 g/mol. The summed E-state index contributed by atoms with van der Waals surface area (Å²) in [6.07, 6.45) is 1.57. The first kappa shape index (κ1) is 14.8. The van der Waals surface area contributed by atoms with E-state index in [1.54, 1.807) is 7.11 Å². The van der Waals surface area contributed by atoms with Crippen LogP contribution in [0.5, 0.6) is 0 Å². The predicted octanol–water partition coefficient (Wildman–Crippen LogP) is 1.49. The smallest absolute Gasteiger partial charge is 0.234 e. The fourth-order valence-electron chi connectivity index (χ4n) is 1.84. The Morgan fingerprint density at radius 3 is 2.50 bits per heavy atom. The number of carbonyl (C=O) groups excluding carboxylic acids is 1. The fraction of sp³-hybridized carbons (Fsp3) is 0.750. The van der Waals surface area contributed by atoms with Crippen molar-refractivity contribution in [3.05, 3.63) is 11.7 Å². The van der Waals surface area contributed by atoms with Gasteiger partial charge in [-0.2, -0.15) is 4.98 Å². The second kappa shape index (κ2) is 6.61. The molecular formula is C12H20N2O4. The van der Waals surface area contributed by atoms with Gasteiger partial charge in [0, 0.05) is 14.2 Å². The highest BCUT2D eigenvalue weighted by Crippen LogP contribution is 2.29. The van der Waals surface area contributed by atoms with E-state index in [-0.39, 0.29) is 18.8 Å². The summed E-state index contributed by atoms with van der Waals surface area (Å²) in [6.45, 7) is 4.05. The second-order valence-corrected chi connectivity index (χ2v) is 4.07. The molecule has 18 heavy (non-hydrogen) atoms. The van der Waals surface area contributed by atoms with Crippen molar-refractivity contribution in [2.75, 3.05) is 20.8 Å². The van der Waals surface area contributed by atoms with Gasteiger partial charge in [0.05, 0.1) is 6.42 Å². The number of ether oxygens (including phenoxy) is 2. The molecule has 0 saturated heterocycles. The molecule has 0 aliphatic heterocycles. The van der Waals surface area contributed by atoms with E-state index in [1.807, 2.05) is 13.8 Å². The maximum atomic E-state index is 11.4. The molecule has 6 heteroatoms. The number of hydrogen-bond donors (Lipinski definition) is 0. The fourth-order valence-corrected chi connectivity index (χ4v) is 1.84. The average molecular weight is 256 g/mol. The number of aromatic nitrogens is 2. The van der Waals surface area contributed by atoms with Crippen LogP contribution in [-0.2, 0) is 26.3 Å². The van der Waals surface area contributed by atoms with Crippen molar-refractivity contribution in [3.63, 3.8) is 0 Å². The highest BCUT2D eigenvalue weighted by atomic mass is 16.5. The molecule has 1 aromatic rings. The Morgan fingerprint density at radius 1 is 1.33 bits per heavy atom. The molecule has 0 N–H and O–H groups in total. The quantitative estimate of drug-likeness (QED) is 0.701. The summed E-state index contributed by atoms with van der Waals surface area (Å²) in [5, 5.41) is 3.91. The van der Waals surface area contributed by atoms with Crippen LogP contribution in [0, 0.1) is 0 Å². The van der Waals surface area contributed by atoms with Gasteiger partial charge in [-0.05, 0) is 12.8 Å². The molecule has 0 amide bonds. The summed E-state index contributed by atoms with van der Waals surface area (Å²) < 4.78 is 15.3. The van der Waals surface area contributed by atoms with E-state index in [0.717, 1.165) is 12.8 Å². The van der Waals surface area contributed by atoms with Crippen molar-refractivity contribution < 1.29 is 18.8 Å². The van der Waals surface area contributed by atoms with Crippen molar-refractivity contribution in [2.45, 2.75) is 38.7 Å². The van der Waals surface area contributed by atoms with Gasteiger partial charge in [0.2, 0.25) is 11.7 Å². The van der Waals surface area contributed by atoms with Gasteiger partial charge in [-0.25, -0.2) is 0 Å². The van der Waals surface area contributed by atoms with Gasteiger partial charge >= 0.3 is 0 Å². The van der Waals surface area contributed by atoms with E-state index in [1.165, 1.54) is 7.11 Å². The first-order chi connectivity index (χ1) is 8.61. The Bertz CT molecular complexity index is 377. The maximum absolute atomic E-state index is 11.4. The van der Waals surface area contributed by atoms with Crippen molar-refractivity contribution in [1.82, 2.24) is 10.1 Å². The SMILES string of the molecule is CCC(CC)(OC)c1noc(CC(=O)COC)n1. The van der Waals surface area contributed by atoms with Gasteiger partial charge in [-0.1, -0.05) is 19.0 Å². The zero-order valence-corrected chi connectivity index (χ0v) is 11.4. The number of rotatable bonds is 8. The highest BCUT2D eigenvalue weighted by molar-refractivity contribution is 5.81. The van der Waals surface area contributed by atoms with Gasteiger partial charge in [0.15, 0.2) is 5.78 Å². The zero-order chi connectivity index (χ0) is 13.6. The highest BCUT2D eigenvalue weighted by Gasteiger charge is 2.33. The van der Waals surface area contributed by atoms with Crippen LogP contribution in [0.4, 0.5) is 0 Å². The van der Waals surface area contributed by atoms with Crippen LogP contribution in [0.25, 0.3) is 0 Å². The monoisotopic (exact) mass is 256 g/mol. The van der Waals surface area contributed by atoms with Gasteiger partial charge in [0.1, 0.15) is 12.2 Å². The summed E-state index contributed by atoms with van der Waals surface area (Å²) in [7, 11) is 3.10. The molecule has 0 unspecified atom stereocenters. The zero-order valence-electron chi connectivity index (χ0n) is 11.4. The first-order valence-corrected chi connectivity index (χ1v) is 6.00.